The minimum atomic E-state index is -0.264. The molecule has 0 aliphatic carbocycles. The van der Waals surface area contributed by atoms with Gasteiger partial charge >= 0.3 is 0 Å². The highest BCUT2D eigenvalue weighted by molar-refractivity contribution is 6.31. The highest BCUT2D eigenvalue weighted by Gasteiger charge is 2.18. The molecule has 0 fully saturated rings. The minimum Gasteiger partial charge on any atom is -0.466 e. The summed E-state index contributed by atoms with van der Waals surface area (Å²) in [5.74, 6) is 1.51. The quantitative estimate of drug-likeness (QED) is 0.873. The normalized spacial score (nSPS) is 12.7. The number of furan rings is 1. The van der Waals surface area contributed by atoms with Gasteiger partial charge in [0, 0.05) is 16.6 Å². The topological polar surface area (TPSA) is 25.2 Å². The van der Waals surface area contributed by atoms with Gasteiger partial charge in [-0.2, -0.15) is 0 Å². The maximum absolute atomic E-state index is 13.4. The molecule has 0 aliphatic rings. The Morgan fingerprint density at radius 1 is 1.30 bits per heavy atom. The fraction of sp³-hybridized carbons (Fsp3) is 0.375. The molecule has 4 heteroatoms. The summed E-state index contributed by atoms with van der Waals surface area (Å²) in [6, 6.07) is 6.56. The van der Waals surface area contributed by atoms with Crippen LogP contribution in [-0.2, 0) is 6.42 Å². The van der Waals surface area contributed by atoms with Crippen molar-refractivity contribution in [3.05, 3.63) is 57.8 Å². The van der Waals surface area contributed by atoms with Crippen molar-refractivity contribution in [3.8, 4) is 0 Å². The Bertz CT molecular complexity index is 594. The molecule has 108 valence electrons. The van der Waals surface area contributed by atoms with E-state index in [1.54, 1.807) is 6.07 Å². The summed E-state index contributed by atoms with van der Waals surface area (Å²) in [4.78, 5) is 0. The van der Waals surface area contributed by atoms with E-state index >= 15 is 0 Å². The third-order valence-corrected chi connectivity index (χ3v) is 3.71. The molecule has 2 rings (SSSR count). The summed E-state index contributed by atoms with van der Waals surface area (Å²) in [6.07, 6.45) is 0.629. The highest BCUT2D eigenvalue weighted by Crippen LogP contribution is 2.28. The minimum absolute atomic E-state index is 0.0664. The average molecular weight is 296 g/mol. The zero-order valence-electron chi connectivity index (χ0n) is 12.0. The molecule has 0 bridgehead atoms. The molecule has 0 saturated carbocycles. The summed E-state index contributed by atoms with van der Waals surface area (Å²) < 4.78 is 19.0. The molecule has 0 radical (unpaired) electrons. The average Bonchev–Trinajstić information content (AvgIpc) is 2.72. The van der Waals surface area contributed by atoms with Gasteiger partial charge in [-0.25, -0.2) is 4.39 Å². The van der Waals surface area contributed by atoms with E-state index in [4.69, 9.17) is 16.0 Å². The first-order valence-electron chi connectivity index (χ1n) is 6.75. The second kappa shape index (κ2) is 6.42. The SMILES string of the molecule is CCNC(Cc1cc(F)ccc1Cl)c1cc(C)oc1C. The van der Waals surface area contributed by atoms with Gasteiger partial charge in [-0.1, -0.05) is 18.5 Å². The molecule has 2 aromatic rings. The van der Waals surface area contributed by atoms with Crippen LogP contribution in [0, 0.1) is 19.7 Å². The van der Waals surface area contributed by atoms with Gasteiger partial charge in [0.15, 0.2) is 0 Å². The van der Waals surface area contributed by atoms with Crippen LogP contribution in [0.2, 0.25) is 5.02 Å². The summed E-state index contributed by atoms with van der Waals surface area (Å²) in [5.41, 5.74) is 1.90. The molecule has 20 heavy (non-hydrogen) atoms. The zero-order chi connectivity index (χ0) is 14.7. The third-order valence-electron chi connectivity index (χ3n) is 3.34. The van der Waals surface area contributed by atoms with Crippen molar-refractivity contribution in [1.29, 1.82) is 0 Å². The summed E-state index contributed by atoms with van der Waals surface area (Å²) in [6.45, 7) is 6.73. The second-order valence-electron chi connectivity index (χ2n) is 4.92. The summed E-state index contributed by atoms with van der Waals surface area (Å²) in [7, 11) is 0. The fourth-order valence-corrected chi connectivity index (χ4v) is 2.65. The first kappa shape index (κ1) is 15.1. The van der Waals surface area contributed by atoms with Crippen molar-refractivity contribution in [2.24, 2.45) is 0 Å². The molecule has 0 aliphatic heterocycles. The van der Waals surface area contributed by atoms with Crippen molar-refractivity contribution in [1.82, 2.24) is 5.32 Å². The number of hydrogen-bond donors (Lipinski definition) is 1. The van der Waals surface area contributed by atoms with Gasteiger partial charge in [-0.15, -0.1) is 0 Å². The molecule has 1 aromatic heterocycles. The van der Waals surface area contributed by atoms with Crippen LogP contribution in [-0.4, -0.2) is 6.54 Å². The molecule has 0 saturated heterocycles. The van der Waals surface area contributed by atoms with Gasteiger partial charge in [0.05, 0.1) is 0 Å². The molecule has 1 N–H and O–H groups in total. The molecule has 1 atom stereocenters. The number of halogens is 2. The van der Waals surface area contributed by atoms with Crippen LogP contribution in [0.4, 0.5) is 4.39 Å². The Morgan fingerprint density at radius 3 is 2.65 bits per heavy atom. The van der Waals surface area contributed by atoms with Gasteiger partial charge in [0.1, 0.15) is 17.3 Å². The maximum Gasteiger partial charge on any atom is 0.123 e. The van der Waals surface area contributed by atoms with E-state index < -0.39 is 0 Å². The van der Waals surface area contributed by atoms with Crippen molar-refractivity contribution < 1.29 is 8.81 Å². The molecule has 1 unspecified atom stereocenters. The van der Waals surface area contributed by atoms with E-state index in [2.05, 4.69) is 5.32 Å². The van der Waals surface area contributed by atoms with Crippen LogP contribution in [0.1, 0.15) is 35.6 Å². The maximum atomic E-state index is 13.4. The van der Waals surface area contributed by atoms with E-state index in [1.165, 1.54) is 12.1 Å². The summed E-state index contributed by atoms with van der Waals surface area (Å²) in [5, 5.41) is 4.00. The van der Waals surface area contributed by atoms with Crippen molar-refractivity contribution >= 4 is 11.6 Å². The molecule has 2 nitrogen and oxygen atoms in total. The number of benzene rings is 1. The van der Waals surface area contributed by atoms with Crippen molar-refractivity contribution in [2.45, 2.75) is 33.2 Å². The lowest BCUT2D eigenvalue weighted by atomic mass is 9.99. The number of nitrogens with one attached hydrogen (secondary N) is 1. The molecule has 1 aromatic carbocycles. The number of aryl methyl sites for hydroxylation is 2. The Balaban J connectivity index is 2.30. The Labute approximate surface area is 123 Å². The van der Waals surface area contributed by atoms with Gasteiger partial charge in [-0.05, 0) is 56.6 Å². The Hall–Kier alpha value is -1.32. The Kier molecular flexibility index (Phi) is 4.84. The zero-order valence-corrected chi connectivity index (χ0v) is 12.7. The fourth-order valence-electron chi connectivity index (χ4n) is 2.45. The smallest absolute Gasteiger partial charge is 0.123 e. The van der Waals surface area contributed by atoms with Gasteiger partial charge in [0.25, 0.3) is 0 Å². The van der Waals surface area contributed by atoms with Gasteiger partial charge in [0.2, 0.25) is 0 Å². The predicted molar refractivity (Wildman–Crippen MR) is 79.7 cm³/mol. The summed E-state index contributed by atoms with van der Waals surface area (Å²) >= 11 is 6.16. The molecular weight excluding hydrogens is 277 g/mol. The van der Waals surface area contributed by atoms with Crippen LogP contribution in [0.15, 0.2) is 28.7 Å². The van der Waals surface area contributed by atoms with Gasteiger partial charge < -0.3 is 9.73 Å². The molecule has 0 spiro atoms. The van der Waals surface area contributed by atoms with Crippen molar-refractivity contribution in [3.63, 3.8) is 0 Å². The van der Waals surface area contributed by atoms with Crippen molar-refractivity contribution in [2.75, 3.05) is 6.54 Å². The van der Waals surface area contributed by atoms with Crippen LogP contribution < -0.4 is 5.32 Å². The largest absolute Gasteiger partial charge is 0.466 e. The Morgan fingerprint density at radius 2 is 2.05 bits per heavy atom. The van der Waals surface area contributed by atoms with Crippen LogP contribution in [0.3, 0.4) is 0 Å². The lowest BCUT2D eigenvalue weighted by Gasteiger charge is -2.18. The number of hydrogen-bond acceptors (Lipinski definition) is 2. The number of rotatable bonds is 5. The van der Waals surface area contributed by atoms with Gasteiger partial charge in [-0.3, -0.25) is 0 Å². The standard InChI is InChI=1S/C16H19ClFNO/c1-4-19-16(14-7-10(2)20-11(14)3)9-12-8-13(18)5-6-15(12)17/h5-8,16,19H,4,9H2,1-3H3. The van der Waals surface area contributed by atoms with E-state index in [-0.39, 0.29) is 11.9 Å². The van der Waals surface area contributed by atoms with E-state index in [0.717, 1.165) is 29.2 Å². The molecular formula is C16H19ClFNO. The first-order chi connectivity index (χ1) is 9.51. The molecule has 1 heterocycles. The lowest BCUT2D eigenvalue weighted by Crippen LogP contribution is -2.23. The molecule has 0 amide bonds. The lowest BCUT2D eigenvalue weighted by molar-refractivity contribution is 0.484. The van der Waals surface area contributed by atoms with Crippen LogP contribution in [0.5, 0.6) is 0 Å². The third kappa shape index (κ3) is 3.41. The van der Waals surface area contributed by atoms with Crippen LogP contribution >= 0.6 is 11.6 Å². The first-order valence-corrected chi connectivity index (χ1v) is 7.13. The highest BCUT2D eigenvalue weighted by atomic mass is 35.5. The number of likely N-dealkylation sites (N-methyl/N-ethyl adjacent to an activating group) is 1. The van der Waals surface area contributed by atoms with Crippen LogP contribution in [0.25, 0.3) is 0 Å². The van der Waals surface area contributed by atoms with E-state index in [0.29, 0.717) is 11.4 Å². The monoisotopic (exact) mass is 295 g/mol. The van der Waals surface area contributed by atoms with E-state index in [9.17, 15) is 4.39 Å². The van der Waals surface area contributed by atoms with E-state index in [1.807, 2.05) is 26.8 Å². The second-order valence-corrected chi connectivity index (χ2v) is 5.33. The predicted octanol–water partition coefficient (Wildman–Crippen LogP) is 4.58.